The number of likely N-dealkylation sites (tertiary alicyclic amines) is 1. The van der Waals surface area contributed by atoms with Gasteiger partial charge in [0.25, 0.3) is 0 Å². The van der Waals surface area contributed by atoms with Gasteiger partial charge in [-0.15, -0.1) is 0 Å². The van der Waals surface area contributed by atoms with E-state index in [0.717, 1.165) is 30.8 Å². The smallest absolute Gasteiger partial charge is 0.242 e. The Labute approximate surface area is 148 Å². The topological polar surface area (TPSA) is 70.7 Å². The second kappa shape index (κ2) is 7.04. The second-order valence-corrected chi connectivity index (χ2v) is 7.39. The van der Waals surface area contributed by atoms with E-state index in [0.29, 0.717) is 19.0 Å². The molecule has 2 aliphatic heterocycles. The van der Waals surface area contributed by atoms with Crippen LogP contribution < -0.4 is 15.4 Å². The molecule has 0 aromatic heterocycles. The largest absolute Gasteiger partial charge is 0.497 e. The van der Waals surface area contributed by atoms with Crippen LogP contribution in [-0.4, -0.2) is 49.0 Å². The van der Waals surface area contributed by atoms with Gasteiger partial charge in [-0.2, -0.15) is 0 Å². The van der Waals surface area contributed by atoms with E-state index in [1.165, 1.54) is 0 Å². The van der Waals surface area contributed by atoms with Gasteiger partial charge in [0.1, 0.15) is 11.8 Å². The number of amides is 2. The van der Waals surface area contributed by atoms with Crippen LogP contribution in [0.3, 0.4) is 0 Å². The number of nitrogens with one attached hydrogen (secondary N) is 2. The summed E-state index contributed by atoms with van der Waals surface area (Å²) in [4.78, 5) is 27.3. The average molecular weight is 345 g/mol. The van der Waals surface area contributed by atoms with E-state index in [2.05, 4.69) is 29.4 Å². The summed E-state index contributed by atoms with van der Waals surface area (Å²) in [5.74, 6) is 0.709. The number of benzene rings is 1. The van der Waals surface area contributed by atoms with Gasteiger partial charge in [0.2, 0.25) is 11.8 Å². The van der Waals surface area contributed by atoms with Crippen LogP contribution in [0.4, 0.5) is 0 Å². The predicted octanol–water partition coefficient (Wildman–Crippen LogP) is 1.30. The van der Waals surface area contributed by atoms with Crippen LogP contribution in [0, 0.1) is 5.41 Å². The van der Waals surface area contributed by atoms with Gasteiger partial charge in [0.05, 0.1) is 12.5 Å². The van der Waals surface area contributed by atoms with Crippen LogP contribution in [0.15, 0.2) is 24.3 Å². The van der Waals surface area contributed by atoms with Gasteiger partial charge in [0, 0.05) is 19.1 Å². The van der Waals surface area contributed by atoms with Gasteiger partial charge in [-0.05, 0) is 50.9 Å². The molecule has 2 saturated heterocycles. The van der Waals surface area contributed by atoms with Crippen molar-refractivity contribution in [3.05, 3.63) is 29.8 Å². The van der Waals surface area contributed by atoms with E-state index >= 15 is 0 Å². The van der Waals surface area contributed by atoms with Crippen molar-refractivity contribution in [3.8, 4) is 5.75 Å². The maximum Gasteiger partial charge on any atom is 0.242 e. The Kier molecular flexibility index (Phi) is 4.99. The molecule has 1 aromatic rings. The summed E-state index contributed by atoms with van der Waals surface area (Å²) in [6.45, 7) is 6.40. The van der Waals surface area contributed by atoms with Crippen LogP contribution in [0.1, 0.15) is 32.3 Å². The molecule has 1 aromatic carbocycles. The van der Waals surface area contributed by atoms with Crippen LogP contribution in [0.2, 0.25) is 0 Å². The zero-order valence-electron chi connectivity index (χ0n) is 15.2. The quantitative estimate of drug-likeness (QED) is 0.844. The Morgan fingerprint density at radius 3 is 2.72 bits per heavy atom. The molecule has 0 radical (unpaired) electrons. The van der Waals surface area contributed by atoms with Crippen molar-refractivity contribution >= 4 is 11.8 Å². The van der Waals surface area contributed by atoms with Gasteiger partial charge in [0.15, 0.2) is 0 Å². The molecule has 25 heavy (non-hydrogen) atoms. The zero-order valence-corrected chi connectivity index (χ0v) is 15.2. The molecule has 136 valence electrons. The minimum absolute atomic E-state index is 0.0280. The Morgan fingerprint density at radius 2 is 2.12 bits per heavy atom. The van der Waals surface area contributed by atoms with E-state index in [1.54, 1.807) is 7.11 Å². The molecule has 3 rings (SSSR count). The number of carbonyl (C=O) groups excluding carboxylic acids is 2. The number of hydrogen-bond donors (Lipinski definition) is 2. The maximum absolute atomic E-state index is 12.5. The second-order valence-electron chi connectivity index (χ2n) is 7.39. The fraction of sp³-hybridized carbons (Fsp3) is 0.579. The third-order valence-corrected chi connectivity index (χ3v) is 5.44. The number of methoxy groups -OCH3 is 1. The average Bonchev–Trinajstić information content (AvgIpc) is 3.18. The van der Waals surface area contributed by atoms with Gasteiger partial charge in [-0.3, -0.25) is 14.5 Å². The number of rotatable bonds is 5. The minimum Gasteiger partial charge on any atom is -0.497 e. The van der Waals surface area contributed by atoms with Crippen LogP contribution in [0.5, 0.6) is 5.75 Å². The molecule has 6 heteroatoms. The van der Waals surface area contributed by atoms with Crippen molar-refractivity contribution in [2.75, 3.05) is 20.2 Å². The summed E-state index contributed by atoms with van der Waals surface area (Å²) in [7, 11) is 1.62. The Morgan fingerprint density at radius 1 is 1.40 bits per heavy atom. The van der Waals surface area contributed by atoms with Crippen molar-refractivity contribution in [2.45, 2.75) is 45.3 Å². The molecule has 2 aliphatic rings. The normalized spacial score (nSPS) is 26.2. The van der Waals surface area contributed by atoms with E-state index < -0.39 is 11.5 Å². The lowest BCUT2D eigenvalue weighted by Gasteiger charge is -2.23. The van der Waals surface area contributed by atoms with Gasteiger partial charge >= 0.3 is 0 Å². The number of hydrogen-bond acceptors (Lipinski definition) is 4. The van der Waals surface area contributed by atoms with Crippen molar-refractivity contribution in [2.24, 2.45) is 5.41 Å². The monoisotopic (exact) mass is 345 g/mol. The third kappa shape index (κ3) is 3.63. The number of ether oxygens (including phenoxy) is 1. The van der Waals surface area contributed by atoms with Crippen LogP contribution >= 0.6 is 0 Å². The van der Waals surface area contributed by atoms with Crippen molar-refractivity contribution in [1.29, 1.82) is 0 Å². The van der Waals surface area contributed by atoms with E-state index in [4.69, 9.17) is 4.74 Å². The molecular weight excluding hydrogens is 318 g/mol. The lowest BCUT2D eigenvalue weighted by molar-refractivity contribution is -0.128. The highest BCUT2D eigenvalue weighted by molar-refractivity contribution is 5.94. The van der Waals surface area contributed by atoms with Crippen LogP contribution in [-0.2, 0) is 16.1 Å². The first-order valence-corrected chi connectivity index (χ1v) is 8.89. The summed E-state index contributed by atoms with van der Waals surface area (Å²) in [5.41, 5.74) is 0.604. The summed E-state index contributed by atoms with van der Waals surface area (Å²) in [6.07, 6.45) is 1.42. The number of carbonyl (C=O) groups is 2. The fourth-order valence-electron chi connectivity index (χ4n) is 3.76. The summed E-state index contributed by atoms with van der Waals surface area (Å²) in [6, 6.07) is 7.57. The van der Waals surface area contributed by atoms with E-state index in [-0.39, 0.29) is 11.8 Å². The zero-order chi connectivity index (χ0) is 18.0. The molecule has 2 heterocycles. The van der Waals surface area contributed by atoms with E-state index in [9.17, 15) is 9.59 Å². The molecule has 2 fully saturated rings. The first kappa shape index (κ1) is 17.7. The molecule has 0 aliphatic carbocycles. The molecule has 2 N–H and O–H groups in total. The van der Waals surface area contributed by atoms with Crippen molar-refractivity contribution in [3.63, 3.8) is 0 Å². The molecule has 2 amide bonds. The van der Waals surface area contributed by atoms with Crippen molar-refractivity contribution < 1.29 is 14.3 Å². The fourth-order valence-corrected chi connectivity index (χ4v) is 3.76. The van der Waals surface area contributed by atoms with E-state index in [1.807, 2.05) is 24.3 Å². The first-order chi connectivity index (χ1) is 11.9. The summed E-state index contributed by atoms with van der Waals surface area (Å²) >= 11 is 0. The molecule has 0 saturated carbocycles. The van der Waals surface area contributed by atoms with Gasteiger partial charge in [-0.1, -0.05) is 12.1 Å². The molecular formula is C19H27N3O3. The third-order valence-electron chi connectivity index (χ3n) is 5.44. The minimum atomic E-state index is -0.433. The molecule has 6 nitrogen and oxygen atoms in total. The highest BCUT2D eigenvalue weighted by atomic mass is 16.5. The lowest BCUT2D eigenvalue weighted by atomic mass is 9.84. The summed E-state index contributed by atoms with van der Waals surface area (Å²) < 4.78 is 5.13. The molecule has 2 atom stereocenters. The van der Waals surface area contributed by atoms with Crippen LogP contribution in [0.25, 0.3) is 0 Å². The van der Waals surface area contributed by atoms with Crippen molar-refractivity contribution in [1.82, 2.24) is 15.5 Å². The number of nitrogens with zero attached hydrogens (tertiary/aromatic N) is 1. The lowest BCUT2D eigenvalue weighted by Crippen LogP contribution is -2.41. The highest BCUT2D eigenvalue weighted by Gasteiger charge is 2.52. The Balaban J connectivity index is 1.56. The molecule has 0 unspecified atom stereocenters. The van der Waals surface area contributed by atoms with Gasteiger partial charge in [-0.25, -0.2) is 0 Å². The Bertz CT molecular complexity index is 644. The SMILES string of the molecule is COc1ccc(CNC(=O)[C@@H]2C[C@@]3(CCN(C(C)C)C3)C(=O)N2)cc1. The Hall–Kier alpha value is -2.08. The molecule has 0 bridgehead atoms. The van der Waals surface area contributed by atoms with Gasteiger partial charge < -0.3 is 15.4 Å². The highest BCUT2D eigenvalue weighted by Crippen LogP contribution is 2.40. The predicted molar refractivity (Wildman–Crippen MR) is 95.1 cm³/mol. The standard InChI is InChI=1S/C19H27N3O3/c1-13(2)22-9-8-19(12-22)10-16(21-18(19)24)17(23)20-11-14-4-6-15(25-3)7-5-14/h4-7,13,16H,8-12H2,1-3H3,(H,20,23)(H,21,24)/t16-,19+/m0/s1. The molecule has 1 spiro atoms. The first-order valence-electron chi connectivity index (χ1n) is 8.89. The summed E-state index contributed by atoms with van der Waals surface area (Å²) in [5, 5.41) is 5.83. The maximum atomic E-state index is 12.5.